The van der Waals surface area contributed by atoms with E-state index in [2.05, 4.69) is 120 Å². The molecule has 0 saturated carbocycles. The fourth-order valence-corrected chi connectivity index (χ4v) is 29.0. The van der Waals surface area contributed by atoms with E-state index in [9.17, 15) is 0 Å². The first-order chi connectivity index (χ1) is 19.4. The van der Waals surface area contributed by atoms with Crippen LogP contribution < -0.4 is 0 Å². The van der Waals surface area contributed by atoms with Gasteiger partial charge in [-0.2, -0.15) is 0 Å². The van der Waals surface area contributed by atoms with E-state index in [1.54, 1.807) is 21.9 Å². The summed E-state index contributed by atoms with van der Waals surface area (Å²) in [4.78, 5) is 0. The van der Waals surface area contributed by atoms with Crippen LogP contribution in [0.4, 0.5) is 0 Å². The zero-order chi connectivity index (χ0) is 27.4. The fraction of sp³-hybridized carbons (Fsp3) is 0.263. The van der Waals surface area contributed by atoms with Crippen LogP contribution in [0.1, 0.15) is 62.2 Å². The third-order valence-corrected chi connectivity index (χ3v) is 27.6. The normalized spacial score (nSPS) is 21.6. The molecule has 1 aliphatic heterocycles. The summed E-state index contributed by atoms with van der Waals surface area (Å²) in [6.45, 7) is 4.53. The van der Waals surface area contributed by atoms with E-state index in [1.165, 1.54) is 62.4 Å². The summed E-state index contributed by atoms with van der Waals surface area (Å²) in [5, 5.41) is 3.65. The summed E-state index contributed by atoms with van der Waals surface area (Å²) in [7, 11) is -0.558. The van der Waals surface area contributed by atoms with Gasteiger partial charge in [0.25, 0.3) is 0 Å². The van der Waals surface area contributed by atoms with E-state index >= 15 is 0 Å². The van der Waals surface area contributed by atoms with E-state index in [4.69, 9.17) is 0 Å². The topological polar surface area (TPSA) is 0 Å². The molecule has 200 valence electrons. The quantitative estimate of drug-likeness (QED) is 0.183. The van der Waals surface area contributed by atoms with Gasteiger partial charge in [0.1, 0.15) is 0 Å². The molecule has 1 heterocycles. The van der Waals surface area contributed by atoms with E-state index in [1.807, 2.05) is 5.20 Å². The van der Waals surface area contributed by atoms with Gasteiger partial charge in [0.15, 0.2) is 0 Å². The number of rotatable bonds is 2. The zero-order valence-electron chi connectivity index (χ0n) is 24.4. The second-order valence-electron chi connectivity index (χ2n) is 13.1. The molecule has 1 saturated heterocycles. The first-order valence-corrected chi connectivity index (χ1v) is 28.4. The van der Waals surface area contributed by atoms with E-state index in [0.29, 0.717) is 5.92 Å². The second-order valence-corrected chi connectivity index (χ2v) is 33.2. The summed E-state index contributed by atoms with van der Waals surface area (Å²) in [5.41, 5.74) is 14.8. The second kappa shape index (κ2) is 10.4. The van der Waals surface area contributed by atoms with Crippen molar-refractivity contribution in [2.45, 2.75) is 56.2 Å². The maximum atomic E-state index is 2.77. The molecule has 2 atom stereocenters. The molecule has 4 aromatic carbocycles. The van der Waals surface area contributed by atoms with Gasteiger partial charge in [0.05, 0.1) is 0 Å². The molecule has 0 bridgehead atoms. The van der Waals surface area contributed by atoms with Gasteiger partial charge in [-0.3, -0.25) is 0 Å². The van der Waals surface area contributed by atoms with Gasteiger partial charge in [0.2, 0.25) is 0 Å². The van der Waals surface area contributed by atoms with Crippen LogP contribution in [0.15, 0.2) is 95.3 Å². The van der Waals surface area contributed by atoms with Crippen molar-refractivity contribution in [1.82, 2.24) is 0 Å². The van der Waals surface area contributed by atoms with Crippen molar-refractivity contribution < 1.29 is 20.0 Å². The number of hydrogen-bond donors (Lipinski definition) is 0. The Morgan fingerprint density at radius 2 is 1.15 bits per heavy atom. The molecule has 2 aliphatic carbocycles. The van der Waals surface area contributed by atoms with E-state index in [0.717, 1.165) is 3.67 Å². The SMILES string of the molecule is Cc1ccccc1-c1cccc2c1C=C1[SiH2]C3=Cc4c(-c5ccccc5C)cccc4[CH]3[Hf]([CH3])([CH3])[CH2]CCCC12. The molecule has 0 nitrogen and oxygen atoms in total. The Morgan fingerprint density at radius 1 is 0.600 bits per heavy atom. The minimum absolute atomic E-state index is 0.558. The van der Waals surface area contributed by atoms with Crippen molar-refractivity contribution in [3.63, 3.8) is 0 Å². The van der Waals surface area contributed by atoms with Crippen LogP contribution in [0.5, 0.6) is 0 Å². The van der Waals surface area contributed by atoms with Crippen molar-refractivity contribution >= 4 is 21.7 Å². The van der Waals surface area contributed by atoms with Crippen molar-refractivity contribution in [2.24, 2.45) is 0 Å². The first-order valence-electron chi connectivity index (χ1n) is 15.2. The Bertz CT molecular complexity index is 1690. The van der Waals surface area contributed by atoms with Crippen molar-refractivity contribution in [1.29, 1.82) is 0 Å². The van der Waals surface area contributed by atoms with E-state index in [-0.39, 0.29) is 0 Å². The van der Waals surface area contributed by atoms with Gasteiger partial charge in [-0.05, 0) is 0 Å². The predicted molar refractivity (Wildman–Crippen MR) is 174 cm³/mol. The van der Waals surface area contributed by atoms with Crippen LogP contribution in [-0.4, -0.2) is 9.52 Å². The maximum absolute atomic E-state index is 2.77. The summed E-state index contributed by atoms with van der Waals surface area (Å²) in [5.74, 6) is 0.615. The summed E-state index contributed by atoms with van der Waals surface area (Å²) >= 11 is -2.56. The molecule has 40 heavy (non-hydrogen) atoms. The molecule has 4 aromatic rings. The zero-order valence-corrected chi connectivity index (χ0v) is 29.4. The van der Waals surface area contributed by atoms with Crippen LogP contribution in [0.25, 0.3) is 34.4 Å². The molecule has 1 fully saturated rings. The van der Waals surface area contributed by atoms with Crippen LogP contribution in [0.2, 0.25) is 13.5 Å². The number of allylic oxidation sites excluding steroid dienone is 2. The van der Waals surface area contributed by atoms with Crippen LogP contribution >= 0.6 is 0 Å². The summed E-state index contributed by atoms with van der Waals surface area (Å²) in [6.07, 6.45) is 9.48. The molecule has 0 spiro atoms. The third-order valence-electron chi connectivity index (χ3n) is 10.1. The predicted octanol–water partition coefficient (Wildman–Crippen LogP) is 10.2. The molecule has 2 heteroatoms. The van der Waals surface area contributed by atoms with Crippen LogP contribution in [0.3, 0.4) is 0 Å². The average molecular weight is 703 g/mol. The van der Waals surface area contributed by atoms with Crippen molar-refractivity contribution in [3.05, 3.63) is 129 Å². The number of aryl methyl sites for hydroxylation is 2. The van der Waals surface area contributed by atoms with Gasteiger partial charge >= 0.3 is 249 Å². The molecule has 0 amide bonds. The van der Waals surface area contributed by atoms with Crippen LogP contribution in [0, 0.1) is 13.8 Å². The van der Waals surface area contributed by atoms with Crippen LogP contribution in [-0.2, 0) is 20.0 Å². The number of fused-ring (bicyclic) bond motifs is 6. The van der Waals surface area contributed by atoms with Gasteiger partial charge in [-0.25, -0.2) is 0 Å². The Labute approximate surface area is 247 Å². The Morgan fingerprint density at radius 3 is 1.80 bits per heavy atom. The fourth-order valence-electron chi connectivity index (χ4n) is 8.12. The molecular weight excluding hydrogens is 663 g/mol. The molecule has 0 aromatic heterocycles. The minimum atomic E-state index is -2.56. The van der Waals surface area contributed by atoms with Gasteiger partial charge in [0, 0.05) is 0 Å². The molecule has 0 radical (unpaired) electrons. The number of benzene rings is 4. The Hall–Kier alpha value is -2.55. The van der Waals surface area contributed by atoms with E-state index < -0.39 is 29.5 Å². The molecular formula is C38H40HfSi. The Kier molecular flexibility index (Phi) is 6.83. The average Bonchev–Trinajstić information content (AvgIpc) is 3.50. The van der Waals surface area contributed by atoms with Gasteiger partial charge < -0.3 is 0 Å². The molecule has 2 unspecified atom stereocenters. The molecule has 0 N–H and O–H groups in total. The monoisotopic (exact) mass is 704 g/mol. The number of hydrogen-bond acceptors (Lipinski definition) is 0. The van der Waals surface area contributed by atoms with Gasteiger partial charge in [-0.1, -0.05) is 0 Å². The third kappa shape index (κ3) is 4.43. The molecule has 7 rings (SSSR count). The van der Waals surface area contributed by atoms with Crippen molar-refractivity contribution in [3.8, 4) is 22.3 Å². The molecule has 3 aliphatic rings. The summed E-state index contributed by atoms with van der Waals surface area (Å²) in [6, 6.07) is 32.3. The Balaban J connectivity index is 1.36. The summed E-state index contributed by atoms with van der Waals surface area (Å²) < 4.78 is 7.79. The first kappa shape index (κ1) is 26.4. The standard InChI is InChI=1S/C36H34Si.2CH3.Hf/c1-4-5-15-33-32-20-11-19-31(29-17-9-7-13-25(29)3)35(32)23-36(33)37-27-21-26-14-10-18-30(34(26)22-27)28-16-8-6-12-24(28)2;;;/h6-14,16-23,33H,1,4-5,15,37H2,2-3H3;2*1H3;. The van der Waals surface area contributed by atoms with Gasteiger partial charge in [-0.15, -0.1) is 0 Å². The van der Waals surface area contributed by atoms with Crippen molar-refractivity contribution in [2.75, 3.05) is 0 Å².